The first kappa shape index (κ1) is 28.6. The molecule has 2 aromatic carbocycles. The predicted octanol–water partition coefficient (Wildman–Crippen LogP) is 3.60. The van der Waals surface area contributed by atoms with Crippen molar-refractivity contribution in [3.63, 3.8) is 0 Å². The van der Waals surface area contributed by atoms with Gasteiger partial charge in [0, 0.05) is 24.2 Å². The number of sulfonamides is 1. The Bertz CT molecular complexity index is 1210. The zero-order valence-electron chi connectivity index (χ0n) is 21.4. The van der Waals surface area contributed by atoms with Crippen molar-refractivity contribution in [1.82, 2.24) is 10.2 Å². The Morgan fingerprint density at radius 2 is 1.78 bits per heavy atom. The molecule has 1 heterocycles. The van der Waals surface area contributed by atoms with Crippen LogP contribution in [0.5, 0.6) is 11.5 Å². The van der Waals surface area contributed by atoms with E-state index >= 15 is 0 Å². The van der Waals surface area contributed by atoms with E-state index in [-0.39, 0.29) is 23.9 Å². The molecule has 0 aliphatic carbocycles. The van der Waals surface area contributed by atoms with Gasteiger partial charge in [0.1, 0.15) is 25.8 Å². The van der Waals surface area contributed by atoms with Gasteiger partial charge in [0.2, 0.25) is 21.8 Å². The number of hydrogen-bond donors (Lipinski definition) is 1. The number of rotatable bonds is 12. The molecule has 202 valence electrons. The molecule has 1 aliphatic heterocycles. The second kappa shape index (κ2) is 13.0. The van der Waals surface area contributed by atoms with E-state index in [1.165, 1.54) is 11.8 Å². The number of halogens is 1. The summed E-state index contributed by atoms with van der Waals surface area (Å²) in [5.74, 6) is -0.160. The smallest absolute Gasteiger partial charge is 0.244 e. The lowest BCUT2D eigenvalue weighted by Gasteiger charge is -2.32. The average Bonchev–Trinajstić information content (AvgIpc) is 2.90. The summed E-state index contributed by atoms with van der Waals surface area (Å²) >= 11 is 6.35. The summed E-state index contributed by atoms with van der Waals surface area (Å²) in [6.07, 6.45) is 1.72. The lowest BCUT2D eigenvalue weighted by Crippen LogP contribution is -2.51. The summed E-state index contributed by atoms with van der Waals surface area (Å²) in [5, 5.41) is 3.30. The highest BCUT2D eigenvalue weighted by Gasteiger charge is 2.31. The van der Waals surface area contributed by atoms with E-state index in [2.05, 4.69) is 5.32 Å². The van der Waals surface area contributed by atoms with Gasteiger partial charge < -0.3 is 19.7 Å². The highest BCUT2D eigenvalue weighted by atomic mass is 35.5. The van der Waals surface area contributed by atoms with Gasteiger partial charge >= 0.3 is 0 Å². The second-order valence-corrected chi connectivity index (χ2v) is 11.3. The van der Waals surface area contributed by atoms with E-state index in [0.29, 0.717) is 41.8 Å². The van der Waals surface area contributed by atoms with Crippen LogP contribution in [0.15, 0.2) is 42.5 Å². The summed E-state index contributed by atoms with van der Waals surface area (Å²) in [4.78, 5) is 28.0. The van der Waals surface area contributed by atoms with Crippen LogP contribution in [0.3, 0.4) is 0 Å². The number of ether oxygens (including phenoxy) is 2. The zero-order valence-corrected chi connectivity index (χ0v) is 23.0. The first-order chi connectivity index (χ1) is 17.7. The molecule has 0 bridgehead atoms. The molecule has 37 heavy (non-hydrogen) atoms. The number of nitrogens with one attached hydrogen (secondary N) is 1. The van der Waals surface area contributed by atoms with Gasteiger partial charge in [-0.1, -0.05) is 43.1 Å². The number of hydrogen-bond acceptors (Lipinski definition) is 6. The van der Waals surface area contributed by atoms with Crippen LogP contribution < -0.4 is 19.1 Å². The fourth-order valence-corrected chi connectivity index (χ4v) is 5.08. The molecule has 1 unspecified atom stereocenters. The molecular weight excluding hydrogens is 518 g/mol. The zero-order chi connectivity index (χ0) is 27.0. The maximum Gasteiger partial charge on any atom is 0.244 e. The number of fused-ring (bicyclic) bond motifs is 1. The van der Waals surface area contributed by atoms with Crippen molar-refractivity contribution in [2.24, 2.45) is 0 Å². The molecule has 1 atom stereocenters. The van der Waals surface area contributed by atoms with E-state index in [1.807, 2.05) is 6.92 Å². The lowest BCUT2D eigenvalue weighted by molar-refractivity contribution is -0.139. The van der Waals surface area contributed by atoms with Gasteiger partial charge in [-0.15, -0.1) is 0 Å². The van der Waals surface area contributed by atoms with E-state index in [4.69, 9.17) is 21.1 Å². The SMILES string of the molecule is CCCCNC(=O)C(C)N(Cc1ccccc1Cl)C(=O)CN(c1ccc2c(c1)OCCO2)S(=O)(=O)CC. The van der Waals surface area contributed by atoms with Gasteiger partial charge in [-0.25, -0.2) is 8.42 Å². The summed E-state index contributed by atoms with van der Waals surface area (Å²) in [6, 6.07) is 10.9. The molecule has 0 aromatic heterocycles. The highest BCUT2D eigenvalue weighted by molar-refractivity contribution is 7.92. The topological polar surface area (TPSA) is 105 Å². The Morgan fingerprint density at radius 1 is 1.08 bits per heavy atom. The van der Waals surface area contributed by atoms with Gasteiger partial charge in [0.25, 0.3) is 0 Å². The Kier molecular flexibility index (Phi) is 10.0. The van der Waals surface area contributed by atoms with Gasteiger partial charge in [0.15, 0.2) is 11.5 Å². The predicted molar refractivity (Wildman–Crippen MR) is 144 cm³/mol. The quantitative estimate of drug-likeness (QED) is 0.404. The molecule has 2 aromatic rings. The maximum atomic E-state index is 13.7. The fraction of sp³-hybridized carbons (Fsp3) is 0.462. The minimum atomic E-state index is -3.85. The third-order valence-electron chi connectivity index (χ3n) is 6.09. The molecule has 1 aliphatic rings. The Labute approximate surface area is 223 Å². The summed E-state index contributed by atoms with van der Waals surface area (Å²) in [5.41, 5.74) is 0.923. The number of unbranched alkanes of at least 4 members (excludes halogenated alkanes) is 1. The van der Waals surface area contributed by atoms with Crippen molar-refractivity contribution in [3.8, 4) is 11.5 Å². The summed E-state index contributed by atoms with van der Waals surface area (Å²) < 4.78 is 38.4. The maximum absolute atomic E-state index is 13.7. The summed E-state index contributed by atoms with van der Waals surface area (Å²) in [6.45, 7) is 5.93. The average molecular weight is 552 g/mol. The van der Waals surface area contributed by atoms with Crippen molar-refractivity contribution in [2.45, 2.75) is 46.2 Å². The molecular formula is C26H34ClN3O6S. The van der Waals surface area contributed by atoms with Crippen LogP contribution in [0.2, 0.25) is 5.02 Å². The van der Waals surface area contributed by atoms with Gasteiger partial charge in [-0.05, 0) is 44.0 Å². The van der Waals surface area contributed by atoms with Crippen LogP contribution in [0.4, 0.5) is 5.69 Å². The first-order valence-corrected chi connectivity index (χ1v) is 14.4. The molecule has 11 heteroatoms. The third-order valence-corrected chi connectivity index (χ3v) is 8.20. The van der Waals surface area contributed by atoms with Crippen molar-refractivity contribution < 1.29 is 27.5 Å². The van der Waals surface area contributed by atoms with E-state index in [1.54, 1.807) is 49.4 Å². The minimum absolute atomic E-state index is 0.0437. The van der Waals surface area contributed by atoms with Crippen LogP contribution in [-0.4, -0.2) is 63.2 Å². The molecule has 0 spiro atoms. The van der Waals surface area contributed by atoms with Crippen LogP contribution in [-0.2, 0) is 26.2 Å². The van der Waals surface area contributed by atoms with Crippen molar-refractivity contribution in [3.05, 3.63) is 53.1 Å². The third kappa shape index (κ3) is 7.29. The molecule has 9 nitrogen and oxygen atoms in total. The number of benzene rings is 2. The molecule has 0 saturated carbocycles. The number of amides is 2. The largest absolute Gasteiger partial charge is 0.486 e. The standard InChI is InChI=1S/C26H34ClN3O6S/c1-4-6-13-28-26(32)19(3)29(17-20-9-7-8-10-22(20)27)25(31)18-30(37(33,34)5-2)21-11-12-23-24(16-21)36-15-14-35-23/h7-12,16,19H,4-6,13-15,17-18H2,1-3H3,(H,28,32). The highest BCUT2D eigenvalue weighted by Crippen LogP contribution is 2.35. The van der Waals surface area contributed by atoms with Gasteiger partial charge in [-0.2, -0.15) is 0 Å². The molecule has 0 radical (unpaired) electrons. The molecule has 2 amide bonds. The minimum Gasteiger partial charge on any atom is -0.486 e. The molecule has 0 fully saturated rings. The number of carbonyl (C=O) groups is 2. The molecule has 0 saturated heterocycles. The van der Waals surface area contributed by atoms with Crippen LogP contribution in [0, 0.1) is 0 Å². The molecule has 1 N–H and O–H groups in total. The molecule has 3 rings (SSSR count). The van der Waals surface area contributed by atoms with Crippen LogP contribution in [0.25, 0.3) is 0 Å². The van der Waals surface area contributed by atoms with E-state index < -0.39 is 28.5 Å². The van der Waals surface area contributed by atoms with E-state index in [9.17, 15) is 18.0 Å². The number of carbonyl (C=O) groups excluding carboxylic acids is 2. The fourth-order valence-electron chi connectivity index (χ4n) is 3.84. The number of anilines is 1. The second-order valence-electron chi connectivity index (χ2n) is 8.67. The number of nitrogens with zero attached hydrogens (tertiary/aromatic N) is 2. The van der Waals surface area contributed by atoms with E-state index in [0.717, 1.165) is 17.1 Å². The first-order valence-electron chi connectivity index (χ1n) is 12.4. The Hall–Kier alpha value is -2.98. The monoisotopic (exact) mass is 551 g/mol. The van der Waals surface area contributed by atoms with Crippen molar-refractivity contribution in [2.75, 3.05) is 36.4 Å². The Balaban J connectivity index is 1.93. The van der Waals surface area contributed by atoms with Crippen molar-refractivity contribution in [1.29, 1.82) is 0 Å². The van der Waals surface area contributed by atoms with Gasteiger partial charge in [0.05, 0.1) is 11.4 Å². The van der Waals surface area contributed by atoms with Crippen LogP contribution in [0.1, 0.15) is 39.2 Å². The van der Waals surface area contributed by atoms with Crippen LogP contribution >= 0.6 is 11.6 Å². The van der Waals surface area contributed by atoms with Crippen molar-refractivity contribution >= 4 is 39.1 Å². The summed E-state index contributed by atoms with van der Waals surface area (Å²) in [7, 11) is -3.85. The lowest BCUT2D eigenvalue weighted by atomic mass is 10.1. The van der Waals surface area contributed by atoms with Gasteiger partial charge in [-0.3, -0.25) is 13.9 Å². The normalized spacial score (nSPS) is 13.5. The Morgan fingerprint density at radius 3 is 2.46 bits per heavy atom.